The molecule has 1 aromatic heterocycles. The van der Waals surface area contributed by atoms with Crippen LogP contribution >= 0.6 is 0 Å². The van der Waals surface area contributed by atoms with Gasteiger partial charge in [-0.15, -0.1) is 0 Å². The first-order chi connectivity index (χ1) is 16.2. The molecule has 1 N–H and O–H groups in total. The van der Waals surface area contributed by atoms with E-state index in [0.717, 1.165) is 37.2 Å². The lowest BCUT2D eigenvalue weighted by atomic mass is 9.48. The van der Waals surface area contributed by atoms with Crippen LogP contribution in [0.3, 0.4) is 0 Å². The van der Waals surface area contributed by atoms with Gasteiger partial charge in [-0.25, -0.2) is 0 Å². The van der Waals surface area contributed by atoms with Gasteiger partial charge < -0.3 is 9.72 Å². The fraction of sp³-hybridized carbons (Fsp3) is 0.517. The van der Waals surface area contributed by atoms with Crippen molar-refractivity contribution < 1.29 is 4.74 Å². The van der Waals surface area contributed by atoms with E-state index in [9.17, 15) is 0 Å². The normalized spacial score (nSPS) is 33.8. The number of fused-ring (bicyclic) bond motifs is 3. The second-order valence-electron chi connectivity index (χ2n) is 11.6. The summed E-state index contributed by atoms with van der Waals surface area (Å²) in [6.45, 7) is 4.66. The third kappa shape index (κ3) is 2.77. The number of hydrogen-bond acceptors (Lipinski definition) is 3. The molecule has 0 unspecified atom stereocenters. The van der Waals surface area contributed by atoms with E-state index in [4.69, 9.17) is 4.74 Å². The molecule has 4 saturated carbocycles. The summed E-state index contributed by atoms with van der Waals surface area (Å²) < 4.78 is 6.31. The summed E-state index contributed by atoms with van der Waals surface area (Å²) in [6.07, 6.45) is 8.45. The number of nitrogens with zero attached hydrogens (tertiary/aromatic N) is 2. The maximum absolute atomic E-state index is 6.31. The molecular formula is C29H33N3O. The van der Waals surface area contributed by atoms with Crippen molar-refractivity contribution in [2.75, 3.05) is 13.1 Å². The largest absolute Gasteiger partial charge is 0.488 e. The zero-order valence-electron chi connectivity index (χ0n) is 19.5. The number of likely N-dealkylation sites (tertiary alicyclic amines) is 1. The maximum atomic E-state index is 6.31. The zero-order chi connectivity index (χ0) is 21.7. The lowest BCUT2D eigenvalue weighted by molar-refractivity contribution is -0.174. The number of nitrogens with one attached hydrogen (secondary N) is 1. The highest BCUT2D eigenvalue weighted by molar-refractivity contribution is 5.85. The Morgan fingerprint density at radius 2 is 1.73 bits per heavy atom. The minimum atomic E-state index is 0.306. The molecular weight excluding hydrogens is 406 g/mol. The molecule has 9 rings (SSSR count). The number of H-pyrrole nitrogens is 1. The van der Waals surface area contributed by atoms with E-state index in [1.165, 1.54) is 59.8 Å². The van der Waals surface area contributed by atoms with E-state index in [-0.39, 0.29) is 0 Å². The monoisotopic (exact) mass is 439 g/mol. The summed E-state index contributed by atoms with van der Waals surface area (Å²) in [6, 6.07) is 19.7. The third-order valence-corrected chi connectivity index (χ3v) is 9.36. The van der Waals surface area contributed by atoms with Crippen molar-refractivity contribution in [3.8, 4) is 5.75 Å². The van der Waals surface area contributed by atoms with Gasteiger partial charge in [-0.1, -0.05) is 30.3 Å². The van der Waals surface area contributed by atoms with Gasteiger partial charge in [0.25, 0.3) is 0 Å². The summed E-state index contributed by atoms with van der Waals surface area (Å²) in [5.41, 5.74) is 6.06. The number of para-hydroxylation sites is 1. The highest BCUT2D eigenvalue weighted by Gasteiger charge is 2.63. The molecule has 4 nitrogen and oxygen atoms in total. The predicted octanol–water partition coefficient (Wildman–Crippen LogP) is 5.28. The fourth-order valence-corrected chi connectivity index (χ4v) is 7.48. The van der Waals surface area contributed by atoms with E-state index in [1.54, 1.807) is 0 Å². The molecule has 1 saturated heterocycles. The zero-order valence-corrected chi connectivity index (χ0v) is 19.5. The van der Waals surface area contributed by atoms with Gasteiger partial charge in [0.05, 0.1) is 6.04 Å². The van der Waals surface area contributed by atoms with Crippen LogP contribution in [0.4, 0.5) is 0 Å². The number of ether oxygens (including phenoxy) is 1. The van der Waals surface area contributed by atoms with Crippen molar-refractivity contribution in [2.24, 2.45) is 5.92 Å². The predicted molar refractivity (Wildman–Crippen MR) is 131 cm³/mol. The summed E-state index contributed by atoms with van der Waals surface area (Å²) in [5, 5.41) is 1.41. The van der Waals surface area contributed by atoms with Crippen molar-refractivity contribution in [1.82, 2.24) is 14.8 Å². The number of rotatable bonds is 5. The third-order valence-electron chi connectivity index (χ3n) is 9.36. The van der Waals surface area contributed by atoms with Gasteiger partial charge in [0.2, 0.25) is 0 Å². The molecule has 170 valence electrons. The van der Waals surface area contributed by atoms with Gasteiger partial charge in [-0.05, 0) is 80.7 Å². The molecule has 33 heavy (non-hydrogen) atoms. The Bertz CT molecular complexity index is 1200. The molecule has 2 atom stereocenters. The van der Waals surface area contributed by atoms with Gasteiger partial charge in [0.15, 0.2) is 0 Å². The molecule has 4 heteroatoms. The molecule has 0 amide bonds. The van der Waals surface area contributed by atoms with Crippen LogP contribution in [0.1, 0.15) is 61.9 Å². The van der Waals surface area contributed by atoms with Crippen LogP contribution in [0.2, 0.25) is 0 Å². The van der Waals surface area contributed by atoms with Crippen molar-refractivity contribution in [3.05, 3.63) is 65.4 Å². The van der Waals surface area contributed by atoms with E-state index < -0.39 is 0 Å². The lowest BCUT2D eigenvalue weighted by Crippen LogP contribution is -2.71. The van der Waals surface area contributed by atoms with Crippen molar-refractivity contribution >= 4 is 10.9 Å². The summed E-state index contributed by atoms with van der Waals surface area (Å²) in [5.74, 6) is 2.01. The Hall–Kier alpha value is -2.30. The molecule has 0 radical (unpaired) electrons. The van der Waals surface area contributed by atoms with E-state index in [2.05, 4.69) is 70.2 Å². The summed E-state index contributed by atoms with van der Waals surface area (Å²) in [4.78, 5) is 9.32. The number of hydrogen-bond donors (Lipinski definition) is 1. The van der Waals surface area contributed by atoms with E-state index >= 15 is 0 Å². The number of aromatic amines is 1. The minimum absolute atomic E-state index is 0.306. The highest BCUT2D eigenvalue weighted by Crippen LogP contribution is 2.64. The fourth-order valence-electron chi connectivity index (χ4n) is 7.48. The molecule has 0 spiro atoms. The molecule has 2 bridgehead atoms. The molecule has 4 aliphatic carbocycles. The number of benzene rings is 2. The van der Waals surface area contributed by atoms with E-state index in [0.29, 0.717) is 23.7 Å². The Kier molecular flexibility index (Phi) is 3.83. The van der Waals surface area contributed by atoms with Gasteiger partial charge in [-0.2, -0.15) is 0 Å². The minimum Gasteiger partial charge on any atom is -0.488 e. The van der Waals surface area contributed by atoms with Crippen molar-refractivity contribution in [2.45, 2.75) is 75.2 Å². The van der Waals surface area contributed by atoms with E-state index in [1.807, 2.05) is 0 Å². The smallest absolute Gasteiger partial charge is 0.124 e. The highest BCUT2D eigenvalue weighted by atomic mass is 16.5. The summed E-state index contributed by atoms with van der Waals surface area (Å²) in [7, 11) is 0. The molecule has 2 aromatic carbocycles. The average Bonchev–Trinajstić information content (AvgIpc) is 3.50. The molecule has 2 aliphatic heterocycles. The Morgan fingerprint density at radius 1 is 0.970 bits per heavy atom. The molecule has 3 aromatic rings. The van der Waals surface area contributed by atoms with Crippen LogP contribution < -0.4 is 4.74 Å². The first kappa shape index (κ1) is 19.1. The Labute approximate surface area is 195 Å². The van der Waals surface area contributed by atoms with Gasteiger partial charge in [-0.3, -0.25) is 9.80 Å². The summed E-state index contributed by atoms with van der Waals surface area (Å²) >= 11 is 0. The van der Waals surface area contributed by atoms with Gasteiger partial charge in [0, 0.05) is 47.3 Å². The van der Waals surface area contributed by atoms with Crippen LogP contribution in [0.5, 0.6) is 5.75 Å². The number of aromatic nitrogens is 1. The molecule has 6 aliphatic rings. The Balaban J connectivity index is 1.13. The SMILES string of the molecule is C[C@@H]1Cc2c([nH]c3ccccc23)[C@@H](c2ccc(OC3CN(C4CC4)C3)cc2)N1C12CC(C1)C2. The standard InChI is InChI=1S/C29H33N3O/c1-18-12-25-24-4-2-3-5-26(24)30-27(25)28(32(18)29-13-19(14-29)15-29)20-6-10-22(11-7-20)33-23-16-31(17-23)21-8-9-21/h2-7,10-11,18-19,21,23,28,30H,8-9,12-17H2,1H3/t18-,19?,28-,29?/m1/s1. The van der Waals surface area contributed by atoms with Crippen molar-refractivity contribution in [1.29, 1.82) is 0 Å². The van der Waals surface area contributed by atoms with Crippen LogP contribution in [-0.4, -0.2) is 51.6 Å². The van der Waals surface area contributed by atoms with Crippen LogP contribution in [0, 0.1) is 5.92 Å². The topological polar surface area (TPSA) is 31.5 Å². The quantitative estimate of drug-likeness (QED) is 0.587. The second kappa shape index (κ2) is 6.64. The van der Waals surface area contributed by atoms with Crippen LogP contribution in [0.15, 0.2) is 48.5 Å². The second-order valence-corrected chi connectivity index (χ2v) is 11.6. The molecule has 5 fully saturated rings. The van der Waals surface area contributed by atoms with Crippen molar-refractivity contribution in [3.63, 3.8) is 0 Å². The first-order valence-corrected chi connectivity index (χ1v) is 13.1. The van der Waals surface area contributed by atoms with Gasteiger partial charge >= 0.3 is 0 Å². The van der Waals surface area contributed by atoms with Crippen LogP contribution in [-0.2, 0) is 6.42 Å². The Morgan fingerprint density at radius 3 is 2.42 bits per heavy atom. The maximum Gasteiger partial charge on any atom is 0.124 e. The molecule has 3 heterocycles. The lowest BCUT2D eigenvalue weighted by Gasteiger charge is -2.70. The van der Waals surface area contributed by atoms with Crippen LogP contribution in [0.25, 0.3) is 10.9 Å². The average molecular weight is 440 g/mol. The first-order valence-electron chi connectivity index (χ1n) is 13.1. The van der Waals surface area contributed by atoms with Gasteiger partial charge in [0.1, 0.15) is 11.9 Å².